The van der Waals surface area contributed by atoms with E-state index in [2.05, 4.69) is 4.74 Å². The fourth-order valence-electron chi connectivity index (χ4n) is 3.01. The minimum absolute atomic E-state index is 0.187. The maximum absolute atomic E-state index is 13.3. The summed E-state index contributed by atoms with van der Waals surface area (Å²) >= 11 is 0. The molecule has 0 saturated carbocycles. The van der Waals surface area contributed by atoms with Crippen LogP contribution in [0.3, 0.4) is 0 Å². The SMILES string of the molecule is CCCOC(=O)N1[C@H]2C=C[C@H](C2)C1(C(F)(F)F)C(F)(F)F. The Morgan fingerprint density at radius 2 is 1.81 bits per heavy atom. The van der Waals surface area contributed by atoms with Crippen LogP contribution in [0.25, 0.3) is 0 Å². The zero-order chi connectivity index (χ0) is 16.1. The van der Waals surface area contributed by atoms with Crippen LogP contribution in [0, 0.1) is 5.92 Å². The Bertz CT molecular complexity index is 442. The summed E-state index contributed by atoms with van der Waals surface area (Å²) in [4.78, 5) is 11.6. The Hall–Kier alpha value is -1.41. The summed E-state index contributed by atoms with van der Waals surface area (Å²) in [7, 11) is 0. The van der Waals surface area contributed by atoms with Crippen molar-refractivity contribution in [2.24, 2.45) is 5.92 Å². The zero-order valence-electron chi connectivity index (χ0n) is 11.0. The fourth-order valence-corrected chi connectivity index (χ4v) is 3.01. The molecule has 1 aliphatic heterocycles. The molecule has 1 aliphatic carbocycles. The minimum atomic E-state index is -5.64. The standard InChI is InChI=1S/C12H13F6NO2/c1-2-5-21-9(20)19-8-4-3-7(6-8)10(19,11(13,14)15)12(16,17)18/h3-4,7-8H,2,5-6H2,1H3/t7-,8+/m1/s1. The molecule has 0 aromatic carbocycles. The molecule has 0 aromatic heterocycles. The summed E-state index contributed by atoms with van der Waals surface area (Å²) in [5.41, 5.74) is -4.20. The number of likely N-dealkylation sites (tertiary alicyclic amines) is 1. The van der Waals surface area contributed by atoms with Gasteiger partial charge in [-0.25, -0.2) is 4.79 Å². The molecule has 0 unspecified atom stereocenters. The van der Waals surface area contributed by atoms with Gasteiger partial charge in [0.05, 0.1) is 12.6 Å². The third-order valence-corrected chi connectivity index (χ3v) is 3.80. The number of nitrogens with zero attached hydrogens (tertiary/aromatic N) is 1. The average Bonchev–Trinajstić information content (AvgIpc) is 2.91. The van der Waals surface area contributed by atoms with Gasteiger partial charge in [-0.05, 0) is 12.8 Å². The largest absolute Gasteiger partial charge is 0.449 e. The number of amides is 1. The molecule has 2 aliphatic rings. The highest BCUT2D eigenvalue weighted by atomic mass is 19.4. The normalized spacial score (nSPS) is 27.3. The van der Waals surface area contributed by atoms with Gasteiger partial charge in [0.1, 0.15) is 0 Å². The van der Waals surface area contributed by atoms with Crippen LogP contribution in [0.15, 0.2) is 12.2 Å². The monoisotopic (exact) mass is 317 g/mol. The van der Waals surface area contributed by atoms with Crippen molar-refractivity contribution < 1.29 is 35.9 Å². The summed E-state index contributed by atoms with van der Waals surface area (Å²) < 4.78 is 84.3. The number of halogens is 6. The first-order valence-electron chi connectivity index (χ1n) is 6.35. The molecule has 21 heavy (non-hydrogen) atoms. The van der Waals surface area contributed by atoms with Crippen molar-refractivity contribution in [1.29, 1.82) is 0 Å². The van der Waals surface area contributed by atoms with E-state index in [1.807, 2.05) is 0 Å². The van der Waals surface area contributed by atoms with Gasteiger partial charge in [-0.3, -0.25) is 4.90 Å². The minimum Gasteiger partial charge on any atom is -0.449 e. The van der Waals surface area contributed by atoms with E-state index in [0.717, 1.165) is 6.08 Å². The highest BCUT2D eigenvalue weighted by Crippen LogP contribution is 2.60. The lowest BCUT2D eigenvalue weighted by molar-refractivity contribution is -0.337. The number of rotatable bonds is 2. The molecular weight excluding hydrogens is 304 g/mol. The van der Waals surface area contributed by atoms with Crippen molar-refractivity contribution in [1.82, 2.24) is 4.90 Å². The molecule has 2 rings (SSSR count). The predicted octanol–water partition coefficient (Wildman–Crippen LogP) is 3.66. The maximum Gasteiger partial charge on any atom is 0.421 e. The lowest BCUT2D eigenvalue weighted by Gasteiger charge is -2.45. The topological polar surface area (TPSA) is 29.5 Å². The second-order valence-electron chi connectivity index (χ2n) is 5.04. The number of alkyl halides is 6. The molecule has 0 aromatic rings. The maximum atomic E-state index is 13.3. The summed E-state index contributed by atoms with van der Waals surface area (Å²) in [6.07, 6.45) is -10.9. The van der Waals surface area contributed by atoms with Crippen molar-refractivity contribution >= 4 is 6.09 Å². The van der Waals surface area contributed by atoms with E-state index in [1.165, 1.54) is 6.08 Å². The molecule has 1 amide bonds. The van der Waals surface area contributed by atoms with E-state index in [1.54, 1.807) is 6.92 Å². The predicted molar refractivity (Wildman–Crippen MR) is 59.4 cm³/mol. The second-order valence-corrected chi connectivity index (χ2v) is 5.04. The summed E-state index contributed by atoms with van der Waals surface area (Å²) in [5, 5.41) is 0. The fraction of sp³-hybridized carbons (Fsp3) is 0.750. The van der Waals surface area contributed by atoms with Gasteiger partial charge in [0.15, 0.2) is 0 Å². The van der Waals surface area contributed by atoms with Crippen molar-refractivity contribution in [2.45, 2.75) is 43.7 Å². The lowest BCUT2D eigenvalue weighted by atomic mass is 9.83. The van der Waals surface area contributed by atoms with Gasteiger partial charge < -0.3 is 4.74 Å². The first-order chi connectivity index (χ1) is 9.57. The van der Waals surface area contributed by atoms with Crippen molar-refractivity contribution in [3.63, 3.8) is 0 Å². The Morgan fingerprint density at radius 1 is 1.24 bits per heavy atom. The number of hydrogen-bond donors (Lipinski definition) is 0. The first-order valence-corrected chi connectivity index (χ1v) is 6.35. The Labute approximate surface area is 116 Å². The van der Waals surface area contributed by atoms with E-state index in [0.29, 0.717) is 6.42 Å². The average molecular weight is 317 g/mol. The summed E-state index contributed by atoms with van der Waals surface area (Å²) in [6.45, 7) is 1.35. The van der Waals surface area contributed by atoms with E-state index in [-0.39, 0.29) is 11.5 Å². The molecule has 9 heteroatoms. The molecule has 0 N–H and O–H groups in total. The van der Waals surface area contributed by atoms with Crippen molar-refractivity contribution in [2.75, 3.05) is 6.61 Å². The van der Waals surface area contributed by atoms with Crippen LogP contribution in [0.2, 0.25) is 0 Å². The van der Waals surface area contributed by atoms with Gasteiger partial charge in [0, 0.05) is 5.92 Å². The Balaban J connectivity index is 2.50. The van der Waals surface area contributed by atoms with E-state index in [4.69, 9.17) is 0 Å². The highest BCUT2D eigenvalue weighted by molar-refractivity contribution is 5.71. The quantitative estimate of drug-likeness (QED) is 0.575. The van der Waals surface area contributed by atoms with E-state index in [9.17, 15) is 31.1 Å². The summed E-state index contributed by atoms with van der Waals surface area (Å²) in [5.74, 6) is -1.84. The molecule has 0 spiro atoms. The molecule has 3 nitrogen and oxygen atoms in total. The van der Waals surface area contributed by atoms with Crippen LogP contribution in [0.1, 0.15) is 19.8 Å². The van der Waals surface area contributed by atoms with Crippen LogP contribution in [0.4, 0.5) is 31.1 Å². The number of ether oxygens (including phenoxy) is 1. The van der Waals surface area contributed by atoms with Gasteiger partial charge in [0.25, 0.3) is 0 Å². The molecular formula is C12H13F6NO2. The van der Waals surface area contributed by atoms with Gasteiger partial charge in [-0.1, -0.05) is 19.1 Å². The van der Waals surface area contributed by atoms with Crippen LogP contribution in [0.5, 0.6) is 0 Å². The number of hydrogen-bond acceptors (Lipinski definition) is 2. The van der Waals surface area contributed by atoms with Gasteiger partial charge in [0.2, 0.25) is 5.54 Å². The Morgan fingerprint density at radius 3 is 2.29 bits per heavy atom. The molecule has 1 heterocycles. The zero-order valence-corrected chi connectivity index (χ0v) is 11.0. The van der Waals surface area contributed by atoms with Gasteiger partial charge in [-0.15, -0.1) is 0 Å². The number of fused-ring (bicyclic) bond motifs is 2. The lowest BCUT2D eigenvalue weighted by Crippen LogP contribution is -2.70. The smallest absolute Gasteiger partial charge is 0.421 e. The molecule has 120 valence electrons. The van der Waals surface area contributed by atoms with E-state index < -0.39 is 42.4 Å². The third-order valence-electron chi connectivity index (χ3n) is 3.80. The van der Waals surface area contributed by atoms with Crippen LogP contribution < -0.4 is 0 Å². The van der Waals surface area contributed by atoms with Gasteiger partial charge >= 0.3 is 18.4 Å². The highest BCUT2D eigenvalue weighted by Gasteiger charge is 2.82. The number of carbonyl (C=O) groups is 1. The van der Waals surface area contributed by atoms with Crippen LogP contribution in [-0.4, -0.2) is 41.5 Å². The van der Waals surface area contributed by atoms with Crippen molar-refractivity contribution in [3.8, 4) is 0 Å². The van der Waals surface area contributed by atoms with E-state index >= 15 is 0 Å². The third kappa shape index (κ3) is 2.08. The van der Waals surface area contributed by atoms with Crippen LogP contribution in [-0.2, 0) is 4.74 Å². The molecule has 2 atom stereocenters. The van der Waals surface area contributed by atoms with Gasteiger partial charge in [-0.2, -0.15) is 26.3 Å². The van der Waals surface area contributed by atoms with Crippen molar-refractivity contribution in [3.05, 3.63) is 12.2 Å². The second kappa shape index (κ2) is 4.81. The summed E-state index contributed by atoms with van der Waals surface area (Å²) in [6, 6.07) is -1.25. The first kappa shape index (κ1) is 16.0. The molecule has 2 bridgehead atoms. The molecule has 1 fully saturated rings. The Kier molecular flexibility index (Phi) is 3.66. The van der Waals surface area contributed by atoms with Crippen LogP contribution >= 0.6 is 0 Å². The molecule has 1 saturated heterocycles. The number of carbonyl (C=O) groups excluding carboxylic acids is 1. The molecule has 0 radical (unpaired) electrons.